The van der Waals surface area contributed by atoms with E-state index in [1.807, 2.05) is 0 Å². The minimum absolute atomic E-state index is 0.240. The second-order valence-corrected chi connectivity index (χ2v) is 3.98. The third-order valence-corrected chi connectivity index (χ3v) is 2.27. The van der Waals surface area contributed by atoms with Crippen molar-refractivity contribution in [3.8, 4) is 0 Å². The molecule has 4 atom stereocenters. The molecule has 1 rings (SSSR count). The summed E-state index contributed by atoms with van der Waals surface area (Å²) < 4.78 is 33.2. The van der Waals surface area contributed by atoms with Crippen molar-refractivity contribution in [1.29, 1.82) is 0 Å². The van der Waals surface area contributed by atoms with Crippen molar-refractivity contribution in [3.05, 3.63) is 0 Å². The number of hydrogen-bond donors (Lipinski definition) is 0. The topological polar surface area (TPSA) is 88.1 Å². The molecule has 1 heterocycles. The second-order valence-electron chi connectivity index (χ2n) is 3.98. The van der Waals surface area contributed by atoms with Crippen molar-refractivity contribution in [3.63, 3.8) is 0 Å². The van der Waals surface area contributed by atoms with Gasteiger partial charge in [-0.3, -0.25) is 14.4 Å². The van der Waals surface area contributed by atoms with Gasteiger partial charge in [0, 0.05) is 20.8 Å². The molecule has 0 saturated carbocycles. The fraction of sp³-hybridized carbons (Fsp3) is 0.727. The normalized spacial score (nSPS) is 30.3. The average molecular weight is 278 g/mol. The molecule has 108 valence electrons. The van der Waals surface area contributed by atoms with Crippen molar-refractivity contribution in [2.24, 2.45) is 0 Å². The number of esters is 3. The zero-order chi connectivity index (χ0) is 14.6. The van der Waals surface area contributed by atoms with Crippen molar-refractivity contribution in [2.45, 2.75) is 45.4 Å². The Morgan fingerprint density at radius 3 is 2.00 bits per heavy atom. The van der Waals surface area contributed by atoms with Gasteiger partial charge in [0.15, 0.2) is 12.2 Å². The van der Waals surface area contributed by atoms with Crippen molar-refractivity contribution >= 4 is 17.9 Å². The van der Waals surface area contributed by atoms with E-state index in [2.05, 4.69) is 4.74 Å². The maximum atomic E-state index is 14.1. The van der Waals surface area contributed by atoms with E-state index in [1.54, 1.807) is 0 Å². The van der Waals surface area contributed by atoms with Crippen molar-refractivity contribution in [1.82, 2.24) is 0 Å². The highest BCUT2D eigenvalue weighted by Gasteiger charge is 2.46. The third-order valence-electron chi connectivity index (χ3n) is 2.27. The van der Waals surface area contributed by atoms with Gasteiger partial charge in [-0.25, -0.2) is 4.39 Å². The van der Waals surface area contributed by atoms with E-state index in [1.165, 1.54) is 0 Å². The molecule has 1 fully saturated rings. The van der Waals surface area contributed by atoms with E-state index in [9.17, 15) is 18.8 Å². The highest BCUT2D eigenvalue weighted by Crippen LogP contribution is 2.24. The Hall–Kier alpha value is -1.70. The van der Waals surface area contributed by atoms with E-state index in [0.29, 0.717) is 0 Å². The smallest absolute Gasteiger partial charge is 0.305 e. The quantitative estimate of drug-likeness (QED) is 0.534. The van der Waals surface area contributed by atoms with Crippen LogP contribution in [0.15, 0.2) is 0 Å². The Morgan fingerprint density at radius 2 is 1.53 bits per heavy atom. The molecule has 1 aliphatic heterocycles. The molecule has 1 saturated heterocycles. The van der Waals surface area contributed by atoms with Crippen LogP contribution in [0.4, 0.5) is 4.39 Å². The maximum Gasteiger partial charge on any atom is 0.305 e. The lowest BCUT2D eigenvalue weighted by Gasteiger charge is -2.36. The summed E-state index contributed by atoms with van der Waals surface area (Å²) in [6, 6.07) is 0. The van der Waals surface area contributed by atoms with Crippen LogP contribution in [0.3, 0.4) is 0 Å². The molecule has 0 spiro atoms. The number of ether oxygens (including phenoxy) is 4. The first kappa shape index (κ1) is 15.4. The predicted molar refractivity (Wildman–Crippen MR) is 57.5 cm³/mol. The number of rotatable bonds is 3. The molecule has 0 aromatic heterocycles. The van der Waals surface area contributed by atoms with Gasteiger partial charge in [0.25, 0.3) is 0 Å². The van der Waals surface area contributed by atoms with Gasteiger partial charge in [-0.1, -0.05) is 0 Å². The van der Waals surface area contributed by atoms with Crippen LogP contribution in [-0.4, -0.2) is 49.2 Å². The molecule has 0 N–H and O–H groups in total. The Labute approximate surface area is 108 Å². The van der Waals surface area contributed by atoms with Gasteiger partial charge < -0.3 is 18.9 Å². The maximum absolute atomic E-state index is 14.1. The Bertz CT molecular complexity index is 370. The Kier molecular flexibility index (Phi) is 5.22. The standard InChI is InChI=1S/C11H15FO7/c1-5(13)17-8-4-16-11(19-7(3)15)9(12)10(8)18-6(2)14/h8-11H,4H2,1-3H3/t8-,9+,10-,11-/m1/s1. The molecule has 0 aromatic carbocycles. The zero-order valence-corrected chi connectivity index (χ0v) is 10.8. The van der Waals surface area contributed by atoms with Crippen LogP contribution in [0.2, 0.25) is 0 Å². The van der Waals surface area contributed by atoms with Gasteiger partial charge >= 0.3 is 17.9 Å². The predicted octanol–water partition coefficient (Wildman–Crippen LogP) is 0.107. The molecular weight excluding hydrogens is 263 g/mol. The zero-order valence-electron chi connectivity index (χ0n) is 10.8. The first-order valence-electron chi connectivity index (χ1n) is 5.58. The third kappa shape index (κ3) is 4.47. The summed E-state index contributed by atoms with van der Waals surface area (Å²) in [6.07, 6.45) is -5.89. The van der Waals surface area contributed by atoms with Gasteiger partial charge in [-0.15, -0.1) is 0 Å². The number of halogens is 1. The van der Waals surface area contributed by atoms with Crippen LogP contribution in [0, 0.1) is 0 Å². The highest BCUT2D eigenvalue weighted by atomic mass is 19.1. The van der Waals surface area contributed by atoms with E-state index in [4.69, 9.17) is 14.2 Å². The first-order chi connectivity index (χ1) is 8.81. The molecular formula is C11H15FO7. The average Bonchev–Trinajstić information content (AvgIpc) is 2.26. The van der Waals surface area contributed by atoms with Crippen molar-refractivity contribution < 1.29 is 37.7 Å². The van der Waals surface area contributed by atoms with Gasteiger partial charge in [0.1, 0.15) is 0 Å². The Morgan fingerprint density at radius 1 is 1.00 bits per heavy atom. The van der Waals surface area contributed by atoms with Gasteiger partial charge in [0.2, 0.25) is 12.5 Å². The molecule has 1 aliphatic rings. The fourth-order valence-electron chi connectivity index (χ4n) is 1.65. The lowest BCUT2D eigenvalue weighted by molar-refractivity contribution is -0.255. The molecule has 0 aliphatic carbocycles. The Balaban J connectivity index is 2.79. The number of carbonyl (C=O) groups is 3. The summed E-state index contributed by atoms with van der Waals surface area (Å²) in [5.74, 6) is -2.14. The highest BCUT2D eigenvalue weighted by molar-refractivity contribution is 5.67. The SMILES string of the molecule is CC(=O)O[C@H]1OC[C@@H](OC(C)=O)[C@@H](OC(C)=O)[C@@H]1F. The molecule has 19 heavy (non-hydrogen) atoms. The van der Waals surface area contributed by atoms with Crippen molar-refractivity contribution in [2.75, 3.05) is 6.61 Å². The molecule has 0 aromatic rings. The van der Waals surface area contributed by atoms with Crippen LogP contribution in [0.1, 0.15) is 20.8 Å². The van der Waals surface area contributed by atoms with Gasteiger partial charge in [-0.2, -0.15) is 0 Å². The number of hydrogen-bond acceptors (Lipinski definition) is 7. The molecule has 8 heteroatoms. The molecule has 0 bridgehead atoms. The monoisotopic (exact) mass is 278 g/mol. The fourth-order valence-corrected chi connectivity index (χ4v) is 1.65. The summed E-state index contributed by atoms with van der Waals surface area (Å²) in [6.45, 7) is 3.08. The summed E-state index contributed by atoms with van der Waals surface area (Å²) in [5.41, 5.74) is 0. The van der Waals surface area contributed by atoms with E-state index < -0.39 is 42.6 Å². The first-order valence-corrected chi connectivity index (χ1v) is 5.58. The van der Waals surface area contributed by atoms with Gasteiger partial charge in [0.05, 0.1) is 6.61 Å². The lowest BCUT2D eigenvalue weighted by atomic mass is 10.1. The summed E-state index contributed by atoms with van der Waals surface area (Å²) in [5, 5.41) is 0. The number of alkyl halides is 1. The minimum Gasteiger partial charge on any atom is -0.456 e. The van der Waals surface area contributed by atoms with E-state index in [0.717, 1.165) is 20.8 Å². The minimum atomic E-state index is -1.94. The van der Waals surface area contributed by atoms with Crippen LogP contribution in [0.5, 0.6) is 0 Å². The van der Waals surface area contributed by atoms with Gasteiger partial charge in [-0.05, 0) is 0 Å². The molecule has 0 unspecified atom stereocenters. The van der Waals surface area contributed by atoms with Crippen LogP contribution >= 0.6 is 0 Å². The lowest BCUT2D eigenvalue weighted by Crippen LogP contribution is -2.55. The van der Waals surface area contributed by atoms with E-state index in [-0.39, 0.29) is 6.61 Å². The van der Waals surface area contributed by atoms with E-state index >= 15 is 0 Å². The molecule has 0 radical (unpaired) electrons. The largest absolute Gasteiger partial charge is 0.456 e. The number of carbonyl (C=O) groups excluding carboxylic acids is 3. The summed E-state index contributed by atoms with van der Waals surface area (Å²) in [7, 11) is 0. The van der Waals surface area contributed by atoms with Crippen LogP contribution < -0.4 is 0 Å². The van der Waals surface area contributed by atoms with Crippen LogP contribution in [-0.2, 0) is 33.3 Å². The molecule has 7 nitrogen and oxygen atoms in total. The van der Waals surface area contributed by atoms with Crippen LogP contribution in [0.25, 0.3) is 0 Å². The summed E-state index contributed by atoms with van der Waals surface area (Å²) >= 11 is 0. The molecule has 0 amide bonds. The second kappa shape index (κ2) is 6.46. The summed E-state index contributed by atoms with van der Waals surface area (Å²) in [4.78, 5) is 32.6.